The lowest BCUT2D eigenvalue weighted by molar-refractivity contribution is 0.0182. The zero-order chi connectivity index (χ0) is 16.8. The van der Waals surface area contributed by atoms with E-state index in [2.05, 4.69) is 22.8 Å². The van der Waals surface area contributed by atoms with Gasteiger partial charge in [0.2, 0.25) is 0 Å². The maximum Gasteiger partial charge on any atom is 0.258 e. The fourth-order valence-corrected chi connectivity index (χ4v) is 3.07. The van der Waals surface area contributed by atoms with Crippen LogP contribution >= 0.6 is 0 Å². The molecule has 1 fully saturated rings. The van der Waals surface area contributed by atoms with Crippen LogP contribution in [-0.2, 0) is 6.54 Å². The lowest BCUT2D eigenvalue weighted by atomic mass is 10.0. The average Bonchev–Trinajstić information content (AvgIpc) is 2.63. The molecule has 5 heteroatoms. The van der Waals surface area contributed by atoms with Crippen LogP contribution in [0.15, 0.2) is 54.6 Å². The summed E-state index contributed by atoms with van der Waals surface area (Å²) in [6, 6.07) is 16.7. The average molecular weight is 331 g/mol. The van der Waals surface area contributed by atoms with E-state index in [1.807, 2.05) is 47.4 Å². The molecule has 2 N–H and O–H groups in total. The topological polar surface area (TPSA) is 27.3 Å². The van der Waals surface area contributed by atoms with E-state index in [-0.39, 0.29) is 0 Å². The molecule has 0 spiro atoms. The summed E-state index contributed by atoms with van der Waals surface area (Å²) in [6.07, 6.45) is -2.38. The standard InChI is InChI=1S/C19H23F2N3/c20-19(21)18(24-12-10-22-11-13-24)16-6-8-17(9-7-16)23-14-15-4-2-1-3-5-15/h1-9,18-19,22-23H,10-14H2/t18-/m1/s1. The molecule has 1 heterocycles. The van der Waals surface area contributed by atoms with E-state index in [0.717, 1.165) is 25.3 Å². The Hall–Kier alpha value is -1.98. The second-order valence-corrected chi connectivity index (χ2v) is 6.03. The number of rotatable bonds is 6. The van der Waals surface area contributed by atoms with Crippen LogP contribution in [0.4, 0.5) is 14.5 Å². The molecule has 24 heavy (non-hydrogen) atoms. The molecule has 1 aliphatic heterocycles. The van der Waals surface area contributed by atoms with Crippen LogP contribution < -0.4 is 10.6 Å². The third kappa shape index (κ3) is 4.30. The van der Waals surface area contributed by atoms with Crippen LogP contribution in [0.3, 0.4) is 0 Å². The Morgan fingerprint density at radius 2 is 1.62 bits per heavy atom. The number of benzene rings is 2. The van der Waals surface area contributed by atoms with E-state index in [0.29, 0.717) is 18.7 Å². The maximum absolute atomic E-state index is 13.6. The van der Waals surface area contributed by atoms with Crippen molar-refractivity contribution in [2.24, 2.45) is 0 Å². The monoisotopic (exact) mass is 331 g/mol. The van der Waals surface area contributed by atoms with Crippen molar-refractivity contribution in [3.63, 3.8) is 0 Å². The molecule has 2 aromatic carbocycles. The lowest BCUT2D eigenvalue weighted by Gasteiger charge is -2.34. The Morgan fingerprint density at radius 1 is 0.958 bits per heavy atom. The van der Waals surface area contributed by atoms with E-state index < -0.39 is 12.5 Å². The first-order valence-corrected chi connectivity index (χ1v) is 8.35. The van der Waals surface area contributed by atoms with Gasteiger partial charge in [-0.3, -0.25) is 4.90 Å². The van der Waals surface area contributed by atoms with Crippen molar-refractivity contribution in [2.75, 3.05) is 31.5 Å². The van der Waals surface area contributed by atoms with Gasteiger partial charge in [-0.2, -0.15) is 0 Å². The molecule has 0 saturated carbocycles. The first-order valence-electron chi connectivity index (χ1n) is 8.35. The van der Waals surface area contributed by atoms with Crippen LogP contribution in [0.5, 0.6) is 0 Å². The molecule has 0 aromatic heterocycles. The second-order valence-electron chi connectivity index (χ2n) is 6.03. The third-order valence-electron chi connectivity index (χ3n) is 4.38. The first-order chi connectivity index (χ1) is 11.7. The van der Waals surface area contributed by atoms with Gasteiger partial charge in [0, 0.05) is 38.4 Å². The molecule has 2 aromatic rings. The molecule has 0 bridgehead atoms. The van der Waals surface area contributed by atoms with Gasteiger partial charge in [-0.05, 0) is 23.3 Å². The minimum absolute atomic E-state index is 0.656. The van der Waals surface area contributed by atoms with Gasteiger partial charge in [0.1, 0.15) is 0 Å². The predicted molar refractivity (Wildman–Crippen MR) is 93.4 cm³/mol. The summed E-state index contributed by atoms with van der Waals surface area (Å²) in [4.78, 5) is 1.87. The van der Waals surface area contributed by atoms with Crippen molar-refractivity contribution in [1.29, 1.82) is 0 Å². The largest absolute Gasteiger partial charge is 0.381 e. The predicted octanol–water partition coefficient (Wildman–Crippen LogP) is 3.51. The summed E-state index contributed by atoms with van der Waals surface area (Å²) in [7, 11) is 0. The third-order valence-corrected chi connectivity index (χ3v) is 4.38. The number of anilines is 1. The fourth-order valence-electron chi connectivity index (χ4n) is 3.07. The number of hydrogen-bond donors (Lipinski definition) is 2. The van der Waals surface area contributed by atoms with Gasteiger partial charge in [0.25, 0.3) is 6.43 Å². The number of halogens is 2. The molecule has 1 saturated heterocycles. The summed E-state index contributed by atoms with van der Waals surface area (Å²) in [5.41, 5.74) is 2.81. The van der Waals surface area contributed by atoms with Crippen LogP contribution in [0, 0.1) is 0 Å². The molecular weight excluding hydrogens is 308 g/mol. The van der Waals surface area contributed by atoms with Crippen molar-refractivity contribution >= 4 is 5.69 Å². The number of alkyl halides is 2. The van der Waals surface area contributed by atoms with E-state index in [4.69, 9.17) is 0 Å². The Labute approximate surface area is 141 Å². The van der Waals surface area contributed by atoms with Gasteiger partial charge in [-0.1, -0.05) is 42.5 Å². The smallest absolute Gasteiger partial charge is 0.258 e. The van der Waals surface area contributed by atoms with Gasteiger partial charge in [0.15, 0.2) is 0 Å². The minimum atomic E-state index is -2.38. The van der Waals surface area contributed by atoms with Crippen molar-refractivity contribution in [2.45, 2.75) is 19.0 Å². The number of hydrogen-bond acceptors (Lipinski definition) is 3. The van der Waals surface area contributed by atoms with Gasteiger partial charge >= 0.3 is 0 Å². The van der Waals surface area contributed by atoms with Crippen LogP contribution in [-0.4, -0.2) is 37.5 Å². The maximum atomic E-state index is 13.6. The normalized spacial score (nSPS) is 17.0. The molecule has 0 aliphatic carbocycles. The molecule has 1 atom stereocenters. The lowest BCUT2D eigenvalue weighted by Crippen LogP contribution is -2.46. The van der Waals surface area contributed by atoms with Crippen molar-refractivity contribution in [1.82, 2.24) is 10.2 Å². The van der Waals surface area contributed by atoms with E-state index >= 15 is 0 Å². The van der Waals surface area contributed by atoms with Crippen LogP contribution in [0.25, 0.3) is 0 Å². The molecule has 128 valence electrons. The summed E-state index contributed by atoms with van der Waals surface area (Å²) >= 11 is 0. The highest BCUT2D eigenvalue weighted by molar-refractivity contribution is 5.45. The summed E-state index contributed by atoms with van der Waals surface area (Å²) in [5.74, 6) is 0. The SMILES string of the molecule is FC(F)[C@@H](c1ccc(NCc2ccccc2)cc1)N1CCNCC1. The van der Waals surface area contributed by atoms with Crippen LogP contribution in [0.2, 0.25) is 0 Å². The summed E-state index contributed by atoms with van der Waals surface area (Å²) in [6.45, 7) is 3.56. The Kier molecular flexibility index (Phi) is 5.77. The van der Waals surface area contributed by atoms with E-state index in [1.165, 1.54) is 5.56 Å². The van der Waals surface area contributed by atoms with Gasteiger partial charge in [0.05, 0.1) is 6.04 Å². The summed E-state index contributed by atoms with van der Waals surface area (Å²) < 4.78 is 27.1. The highest BCUT2D eigenvalue weighted by atomic mass is 19.3. The zero-order valence-electron chi connectivity index (χ0n) is 13.6. The Bertz CT molecular complexity index is 610. The highest BCUT2D eigenvalue weighted by Crippen LogP contribution is 2.28. The van der Waals surface area contributed by atoms with Crippen molar-refractivity contribution < 1.29 is 8.78 Å². The zero-order valence-corrected chi connectivity index (χ0v) is 13.6. The molecular formula is C19H23F2N3. The quantitative estimate of drug-likeness (QED) is 0.848. The Balaban J connectivity index is 1.65. The first kappa shape index (κ1) is 16.9. The van der Waals surface area contributed by atoms with Crippen molar-refractivity contribution in [3.05, 3.63) is 65.7 Å². The highest BCUT2D eigenvalue weighted by Gasteiger charge is 2.29. The molecule has 1 aliphatic rings. The molecule has 3 rings (SSSR count). The number of nitrogens with one attached hydrogen (secondary N) is 2. The fraction of sp³-hybridized carbons (Fsp3) is 0.368. The van der Waals surface area contributed by atoms with Gasteiger partial charge in [-0.15, -0.1) is 0 Å². The number of piperazine rings is 1. The Morgan fingerprint density at radius 3 is 2.25 bits per heavy atom. The molecule has 0 radical (unpaired) electrons. The van der Waals surface area contributed by atoms with E-state index in [1.54, 1.807) is 0 Å². The second kappa shape index (κ2) is 8.22. The van der Waals surface area contributed by atoms with E-state index in [9.17, 15) is 8.78 Å². The molecule has 0 unspecified atom stereocenters. The molecule has 0 amide bonds. The number of nitrogens with zero attached hydrogens (tertiary/aromatic N) is 1. The van der Waals surface area contributed by atoms with Crippen molar-refractivity contribution in [3.8, 4) is 0 Å². The minimum Gasteiger partial charge on any atom is -0.381 e. The van der Waals surface area contributed by atoms with Gasteiger partial charge < -0.3 is 10.6 Å². The van der Waals surface area contributed by atoms with Crippen LogP contribution in [0.1, 0.15) is 17.2 Å². The molecule has 3 nitrogen and oxygen atoms in total. The summed E-state index contributed by atoms with van der Waals surface area (Å²) in [5, 5.41) is 6.53. The van der Waals surface area contributed by atoms with Gasteiger partial charge in [-0.25, -0.2) is 8.78 Å².